The smallest absolute Gasteiger partial charge is 0.323 e. The molecule has 102 valence electrons. The number of halogens is 6. The fourth-order valence-corrected chi connectivity index (χ4v) is 1.07. The highest BCUT2D eigenvalue weighted by Gasteiger charge is 2.32. The van der Waals surface area contributed by atoms with Crippen molar-refractivity contribution in [1.82, 2.24) is 10.7 Å². The SMILES string of the molecule is CC(Br)(CBr)C(=O)OCCC(N(F)F)N(F)F. The molecule has 0 aliphatic rings. The molecule has 0 radical (unpaired) electrons. The Balaban J connectivity index is 4.10. The zero-order valence-electron chi connectivity index (χ0n) is 8.68. The molecule has 0 bridgehead atoms. The lowest BCUT2D eigenvalue weighted by Crippen LogP contribution is -2.36. The summed E-state index contributed by atoms with van der Waals surface area (Å²) in [5, 5.41) is -3.06. The number of carbonyl (C=O) groups is 1. The summed E-state index contributed by atoms with van der Waals surface area (Å²) in [6.45, 7) is 0.959. The molecule has 0 aliphatic heterocycles. The number of alkyl halides is 2. The van der Waals surface area contributed by atoms with Gasteiger partial charge in [0.25, 0.3) is 0 Å². The molecule has 0 heterocycles. The molecule has 17 heavy (non-hydrogen) atoms. The van der Waals surface area contributed by atoms with Crippen molar-refractivity contribution in [2.24, 2.45) is 0 Å². The molecule has 0 rings (SSSR count). The topological polar surface area (TPSA) is 32.8 Å². The van der Waals surface area contributed by atoms with Crippen LogP contribution in [-0.4, -0.2) is 39.1 Å². The van der Waals surface area contributed by atoms with E-state index in [1.807, 2.05) is 0 Å². The van der Waals surface area contributed by atoms with Crippen LogP contribution in [0.3, 0.4) is 0 Å². The minimum Gasteiger partial charge on any atom is -0.465 e. The van der Waals surface area contributed by atoms with Gasteiger partial charge < -0.3 is 4.74 Å². The molecular formula is C7H10Br2F4N2O2. The van der Waals surface area contributed by atoms with Crippen LogP contribution in [0.2, 0.25) is 0 Å². The average Bonchev–Trinajstić information content (AvgIpc) is 2.22. The van der Waals surface area contributed by atoms with Crippen molar-refractivity contribution in [3.8, 4) is 0 Å². The van der Waals surface area contributed by atoms with Crippen LogP contribution in [0, 0.1) is 0 Å². The number of hydrogen-bond acceptors (Lipinski definition) is 4. The Hall–Kier alpha value is 0.0700. The Morgan fingerprint density at radius 1 is 1.35 bits per heavy atom. The van der Waals surface area contributed by atoms with Crippen molar-refractivity contribution in [1.29, 1.82) is 0 Å². The Kier molecular flexibility index (Phi) is 7.52. The average molecular weight is 390 g/mol. The first-order valence-corrected chi connectivity index (χ1v) is 6.27. The van der Waals surface area contributed by atoms with E-state index in [1.165, 1.54) is 6.92 Å². The molecule has 0 aromatic heterocycles. The van der Waals surface area contributed by atoms with Gasteiger partial charge in [0.05, 0.1) is 6.61 Å². The zero-order valence-corrected chi connectivity index (χ0v) is 11.8. The summed E-state index contributed by atoms with van der Waals surface area (Å²) in [7, 11) is 0. The van der Waals surface area contributed by atoms with Crippen LogP contribution >= 0.6 is 31.9 Å². The summed E-state index contributed by atoms with van der Waals surface area (Å²) in [6, 6.07) is 0. The number of ether oxygens (including phenoxy) is 1. The Morgan fingerprint density at radius 2 is 1.82 bits per heavy atom. The van der Waals surface area contributed by atoms with Crippen molar-refractivity contribution in [3.05, 3.63) is 0 Å². The predicted octanol–water partition coefficient (Wildman–Crippen LogP) is 2.94. The van der Waals surface area contributed by atoms with Gasteiger partial charge in [-0.25, -0.2) is 0 Å². The molecule has 4 nitrogen and oxygen atoms in total. The van der Waals surface area contributed by atoms with Crippen molar-refractivity contribution in [3.63, 3.8) is 0 Å². The van der Waals surface area contributed by atoms with Crippen molar-refractivity contribution in [2.75, 3.05) is 11.9 Å². The third-order valence-corrected chi connectivity index (χ3v) is 4.21. The van der Waals surface area contributed by atoms with Crippen LogP contribution in [0.1, 0.15) is 13.3 Å². The second-order valence-corrected chi connectivity index (χ2v) is 5.57. The molecule has 1 atom stereocenters. The van der Waals surface area contributed by atoms with Gasteiger partial charge in [0.15, 0.2) is 6.17 Å². The number of nitrogens with zero attached hydrogens (tertiary/aromatic N) is 2. The van der Waals surface area contributed by atoms with E-state index < -0.39 is 40.2 Å². The quantitative estimate of drug-likeness (QED) is 0.220. The third kappa shape index (κ3) is 5.98. The Labute approximate surface area is 112 Å². The van der Waals surface area contributed by atoms with E-state index in [4.69, 9.17) is 0 Å². The van der Waals surface area contributed by atoms with Gasteiger partial charge in [0.1, 0.15) is 4.32 Å². The molecule has 0 aromatic carbocycles. The summed E-state index contributed by atoms with van der Waals surface area (Å²) < 4.78 is 51.3. The Bertz CT molecular complexity index is 248. The lowest BCUT2D eigenvalue weighted by atomic mass is 10.2. The van der Waals surface area contributed by atoms with Gasteiger partial charge >= 0.3 is 5.97 Å². The van der Waals surface area contributed by atoms with E-state index in [2.05, 4.69) is 36.6 Å². The summed E-state index contributed by atoms with van der Waals surface area (Å²) >= 11 is 6.07. The maximum Gasteiger partial charge on any atom is 0.323 e. The van der Waals surface area contributed by atoms with Crippen molar-refractivity contribution >= 4 is 37.8 Å². The van der Waals surface area contributed by atoms with E-state index in [-0.39, 0.29) is 5.33 Å². The van der Waals surface area contributed by atoms with E-state index >= 15 is 0 Å². The molecule has 0 saturated heterocycles. The van der Waals surface area contributed by atoms with Crippen LogP contribution in [0.15, 0.2) is 0 Å². The molecule has 1 unspecified atom stereocenters. The molecule has 0 amide bonds. The predicted molar refractivity (Wildman–Crippen MR) is 58.6 cm³/mol. The zero-order chi connectivity index (χ0) is 13.6. The third-order valence-electron chi connectivity index (χ3n) is 1.74. The maximum atomic E-state index is 11.9. The highest BCUT2D eigenvalue weighted by atomic mass is 79.9. The van der Waals surface area contributed by atoms with Gasteiger partial charge in [0, 0.05) is 22.4 Å². The first kappa shape index (κ1) is 17.1. The number of hydrogen-bond donors (Lipinski definition) is 0. The van der Waals surface area contributed by atoms with E-state index in [9.17, 15) is 22.7 Å². The van der Waals surface area contributed by atoms with Gasteiger partial charge in [-0.3, -0.25) is 4.79 Å². The van der Waals surface area contributed by atoms with E-state index in [1.54, 1.807) is 0 Å². The largest absolute Gasteiger partial charge is 0.465 e. The molecule has 10 heteroatoms. The van der Waals surface area contributed by atoms with Crippen LogP contribution in [0.4, 0.5) is 17.9 Å². The summed E-state index contributed by atoms with van der Waals surface area (Å²) in [4.78, 5) is 11.3. The summed E-state index contributed by atoms with van der Waals surface area (Å²) in [6.07, 6.45) is -3.11. The van der Waals surface area contributed by atoms with Crippen LogP contribution in [-0.2, 0) is 9.53 Å². The number of rotatable bonds is 7. The molecule has 0 aliphatic carbocycles. The normalized spacial score (nSPS) is 15.4. The fourth-order valence-electron chi connectivity index (χ4n) is 0.723. The minimum absolute atomic E-state index is 0.235. The molecule has 0 fully saturated rings. The van der Waals surface area contributed by atoms with Crippen molar-refractivity contribution in [2.45, 2.75) is 23.8 Å². The Morgan fingerprint density at radius 3 is 2.18 bits per heavy atom. The highest BCUT2D eigenvalue weighted by molar-refractivity contribution is 9.12. The molecule has 0 aromatic rings. The standard InChI is InChI=1S/C7H10Br2F4N2O2/c1-7(9,4-8)6(16)17-3-2-5(14(10)11)15(12)13/h5H,2-4H2,1H3. The van der Waals surface area contributed by atoms with Crippen molar-refractivity contribution < 1.29 is 27.5 Å². The number of esters is 1. The lowest BCUT2D eigenvalue weighted by Gasteiger charge is -2.19. The van der Waals surface area contributed by atoms with Crippen LogP contribution in [0.25, 0.3) is 0 Å². The first-order chi connectivity index (χ1) is 7.72. The van der Waals surface area contributed by atoms with Gasteiger partial charge in [-0.15, -0.1) is 0 Å². The second kappa shape index (κ2) is 7.49. The van der Waals surface area contributed by atoms with E-state index in [0.29, 0.717) is 0 Å². The van der Waals surface area contributed by atoms with Gasteiger partial charge in [-0.1, -0.05) is 49.8 Å². The highest BCUT2D eigenvalue weighted by Crippen LogP contribution is 2.22. The van der Waals surface area contributed by atoms with Gasteiger partial charge in [-0.05, 0) is 6.92 Å². The molecule has 0 saturated carbocycles. The minimum atomic E-state index is -2.40. The van der Waals surface area contributed by atoms with E-state index in [0.717, 1.165) is 0 Å². The maximum absolute atomic E-state index is 11.9. The summed E-state index contributed by atoms with van der Waals surface area (Å²) in [5.41, 5.74) is 0. The van der Waals surface area contributed by atoms with Crippen LogP contribution < -0.4 is 0 Å². The van der Waals surface area contributed by atoms with Crippen LogP contribution in [0.5, 0.6) is 0 Å². The number of carbonyl (C=O) groups excluding carboxylic acids is 1. The second-order valence-electron chi connectivity index (χ2n) is 3.25. The van der Waals surface area contributed by atoms with Gasteiger partial charge in [0.2, 0.25) is 0 Å². The first-order valence-electron chi connectivity index (χ1n) is 4.36. The fraction of sp³-hybridized carbons (Fsp3) is 0.857. The summed E-state index contributed by atoms with van der Waals surface area (Å²) in [5.74, 6) is -0.721. The van der Waals surface area contributed by atoms with Gasteiger partial charge in [-0.2, -0.15) is 0 Å². The molecule has 0 spiro atoms. The lowest BCUT2D eigenvalue weighted by molar-refractivity contribution is -0.320. The molecular weight excluding hydrogens is 380 g/mol. The monoisotopic (exact) mass is 388 g/mol. The molecule has 0 N–H and O–H groups in total.